The Labute approximate surface area is 89.9 Å². The molecule has 6 nitrogen and oxygen atoms in total. The van der Waals surface area contributed by atoms with Gasteiger partial charge < -0.3 is 5.73 Å². The molecule has 1 heterocycles. The number of nitro groups is 1. The highest BCUT2D eigenvalue weighted by molar-refractivity contribution is 5.95. The molecule has 0 atom stereocenters. The number of rotatable bonds is 2. The standard InChI is InChI=1S/C10H7N3O3/c11-10(14)7-5-4-6-2-1-3-8(13(15)16)9(6)12-7/h1-5H,(H2,11,14). The number of benzene rings is 1. The van der Waals surface area contributed by atoms with Crippen LogP contribution in [0.3, 0.4) is 0 Å². The Bertz CT molecular complexity index is 595. The molecule has 2 rings (SSSR count). The molecule has 0 aliphatic carbocycles. The fourth-order valence-electron chi connectivity index (χ4n) is 1.42. The van der Waals surface area contributed by atoms with E-state index in [1.165, 1.54) is 12.1 Å². The van der Waals surface area contributed by atoms with Crippen LogP contribution in [0.2, 0.25) is 0 Å². The molecule has 2 N–H and O–H groups in total. The maximum Gasteiger partial charge on any atom is 0.295 e. The summed E-state index contributed by atoms with van der Waals surface area (Å²) < 4.78 is 0. The van der Waals surface area contributed by atoms with Gasteiger partial charge in [-0.05, 0) is 6.07 Å². The molecular formula is C10H7N3O3. The van der Waals surface area contributed by atoms with Gasteiger partial charge in [0, 0.05) is 11.5 Å². The first-order chi connectivity index (χ1) is 7.59. The van der Waals surface area contributed by atoms with Crippen molar-refractivity contribution in [3.63, 3.8) is 0 Å². The number of pyridine rings is 1. The maximum atomic E-state index is 10.9. The van der Waals surface area contributed by atoms with Crippen molar-refractivity contribution in [1.29, 1.82) is 0 Å². The third kappa shape index (κ3) is 1.56. The summed E-state index contributed by atoms with van der Waals surface area (Å²) in [6.45, 7) is 0. The van der Waals surface area contributed by atoms with E-state index in [4.69, 9.17) is 5.73 Å². The van der Waals surface area contributed by atoms with Crippen LogP contribution < -0.4 is 5.73 Å². The molecule has 0 aliphatic rings. The molecule has 0 spiro atoms. The maximum absolute atomic E-state index is 10.9. The number of nitrogens with two attached hydrogens (primary N) is 1. The lowest BCUT2D eigenvalue weighted by molar-refractivity contribution is -0.383. The van der Waals surface area contributed by atoms with Crippen LogP contribution in [0.4, 0.5) is 5.69 Å². The summed E-state index contributed by atoms with van der Waals surface area (Å²) in [6.07, 6.45) is 0. The third-order valence-electron chi connectivity index (χ3n) is 2.15. The Morgan fingerprint density at radius 2 is 2.06 bits per heavy atom. The number of fused-ring (bicyclic) bond motifs is 1. The van der Waals surface area contributed by atoms with Crippen molar-refractivity contribution in [1.82, 2.24) is 4.98 Å². The van der Waals surface area contributed by atoms with Gasteiger partial charge >= 0.3 is 0 Å². The smallest absolute Gasteiger partial charge is 0.295 e. The van der Waals surface area contributed by atoms with Crippen molar-refractivity contribution >= 4 is 22.5 Å². The summed E-state index contributed by atoms with van der Waals surface area (Å²) >= 11 is 0. The van der Waals surface area contributed by atoms with Crippen molar-refractivity contribution in [2.45, 2.75) is 0 Å². The van der Waals surface area contributed by atoms with Gasteiger partial charge in [0.2, 0.25) is 0 Å². The number of aromatic nitrogens is 1. The number of hydrogen-bond acceptors (Lipinski definition) is 4. The first-order valence-corrected chi connectivity index (χ1v) is 4.43. The molecule has 6 heteroatoms. The van der Waals surface area contributed by atoms with E-state index in [0.717, 1.165) is 0 Å². The molecule has 0 saturated carbocycles. The van der Waals surface area contributed by atoms with E-state index in [2.05, 4.69) is 4.98 Å². The number of non-ortho nitro benzene ring substituents is 1. The number of nitrogens with zero attached hydrogens (tertiary/aromatic N) is 2. The minimum Gasteiger partial charge on any atom is -0.364 e. The molecular weight excluding hydrogens is 210 g/mol. The van der Waals surface area contributed by atoms with Gasteiger partial charge in [-0.25, -0.2) is 4.98 Å². The molecule has 2 aromatic rings. The first kappa shape index (κ1) is 10.0. The highest BCUT2D eigenvalue weighted by Gasteiger charge is 2.14. The Balaban J connectivity index is 2.78. The minimum absolute atomic E-state index is 0.0156. The summed E-state index contributed by atoms with van der Waals surface area (Å²) in [4.78, 5) is 25.0. The van der Waals surface area contributed by atoms with Crippen molar-refractivity contribution < 1.29 is 9.72 Å². The number of para-hydroxylation sites is 1. The molecule has 0 radical (unpaired) electrons. The second-order valence-electron chi connectivity index (χ2n) is 3.17. The zero-order valence-electron chi connectivity index (χ0n) is 8.08. The van der Waals surface area contributed by atoms with E-state index >= 15 is 0 Å². The molecule has 16 heavy (non-hydrogen) atoms. The average Bonchev–Trinajstić information content (AvgIpc) is 2.27. The van der Waals surface area contributed by atoms with E-state index in [0.29, 0.717) is 5.39 Å². The summed E-state index contributed by atoms with van der Waals surface area (Å²) in [5.74, 6) is -0.708. The molecule has 1 aromatic carbocycles. The molecule has 0 unspecified atom stereocenters. The second kappa shape index (κ2) is 3.58. The first-order valence-electron chi connectivity index (χ1n) is 4.43. The number of nitro benzene ring substituents is 1. The fraction of sp³-hybridized carbons (Fsp3) is 0. The van der Waals surface area contributed by atoms with Crippen LogP contribution in [-0.4, -0.2) is 15.8 Å². The highest BCUT2D eigenvalue weighted by atomic mass is 16.6. The Morgan fingerprint density at radius 3 is 2.69 bits per heavy atom. The number of carbonyl (C=O) groups excluding carboxylic acids is 1. The number of hydrogen-bond donors (Lipinski definition) is 1. The van der Waals surface area contributed by atoms with E-state index < -0.39 is 10.8 Å². The van der Waals surface area contributed by atoms with Crippen LogP contribution in [0, 0.1) is 10.1 Å². The zero-order valence-corrected chi connectivity index (χ0v) is 8.08. The van der Waals surface area contributed by atoms with Crippen molar-refractivity contribution in [2.75, 3.05) is 0 Å². The Hall–Kier alpha value is -2.50. The highest BCUT2D eigenvalue weighted by Crippen LogP contribution is 2.23. The van der Waals surface area contributed by atoms with Crippen LogP contribution in [0.5, 0.6) is 0 Å². The fourth-order valence-corrected chi connectivity index (χ4v) is 1.42. The predicted octanol–water partition coefficient (Wildman–Crippen LogP) is 1.24. The lowest BCUT2D eigenvalue weighted by Crippen LogP contribution is -2.12. The molecule has 1 aromatic heterocycles. The van der Waals surface area contributed by atoms with Crippen LogP contribution in [0.25, 0.3) is 10.9 Å². The van der Waals surface area contributed by atoms with Crippen LogP contribution in [-0.2, 0) is 0 Å². The van der Waals surface area contributed by atoms with E-state index in [9.17, 15) is 14.9 Å². The van der Waals surface area contributed by atoms with Crippen LogP contribution in [0.15, 0.2) is 30.3 Å². The largest absolute Gasteiger partial charge is 0.364 e. The monoisotopic (exact) mass is 217 g/mol. The topological polar surface area (TPSA) is 99.1 Å². The SMILES string of the molecule is NC(=O)c1ccc2cccc([N+](=O)[O-])c2n1. The van der Waals surface area contributed by atoms with Gasteiger partial charge in [0.25, 0.3) is 11.6 Å². The lowest BCUT2D eigenvalue weighted by atomic mass is 10.1. The van der Waals surface area contributed by atoms with Gasteiger partial charge in [-0.15, -0.1) is 0 Å². The van der Waals surface area contributed by atoms with Crippen molar-refractivity contribution in [3.8, 4) is 0 Å². The summed E-state index contributed by atoms with van der Waals surface area (Å²) in [6, 6.07) is 7.59. The van der Waals surface area contributed by atoms with Crippen LogP contribution >= 0.6 is 0 Å². The third-order valence-corrected chi connectivity index (χ3v) is 2.15. The zero-order chi connectivity index (χ0) is 11.7. The quantitative estimate of drug-likeness (QED) is 0.604. The van der Waals surface area contributed by atoms with Gasteiger partial charge in [0.1, 0.15) is 11.2 Å². The predicted molar refractivity (Wildman–Crippen MR) is 56.9 cm³/mol. The average molecular weight is 217 g/mol. The number of primary amides is 1. The molecule has 80 valence electrons. The van der Waals surface area contributed by atoms with Crippen LogP contribution in [0.1, 0.15) is 10.5 Å². The molecule has 0 aliphatic heterocycles. The van der Waals surface area contributed by atoms with Gasteiger partial charge in [-0.3, -0.25) is 14.9 Å². The summed E-state index contributed by atoms with van der Waals surface area (Å²) in [5, 5.41) is 11.3. The van der Waals surface area contributed by atoms with Gasteiger partial charge in [0.05, 0.1) is 4.92 Å². The van der Waals surface area contributed by atoms with Crippen molar-refractivity contribution in [3.05, 3.63) is 46.1 Å². The molecule has 0 fully saturated rings. The molecule has 0 bridgehead atoms. The normalized spacial score (nSPS) is 10.2. The Morgan fingerprint density at radius 1 is 1.31 bits per heavy atom. The lowest BCUT2D eigenvalue weighted by Gasteiger charge is -2.00. The summed E-state index contributed by atoms with van der Waals surface area (Å²) in [5.41, 5.74) is 5.11. The second-order valence-corrected chi connectivity index (χ2v) is 3.17. The Kier molecular flexibility index (Phi) is 2.24. The summed E-state index contributed by atoms with van der Waals surface area (Å²) in [7, 11) is 0. The van der Waals surface area contributed by atoms with E-state index in [-0.39, 0.29) is 16.9 Å². The van der Waals surface area contributed by atoms with E-state index in [1.54, 1.807) is 18.2 Å². The number of carbonyl (C=O) groups is 1. The molecule has 0 saturated heterocycles. The van der Waals surface area contributed by atoms with Gasteiger partial charge in [-0.2, -0.15) is 0 Å². The number of amides is 1. The molecule has 1 amide bonds. The van der Waals surface area contributed by atoms with Crippen molar-refractivity contribution in [2.24, 2.45) is 5.73 Å². The van der Waals surface area contributed by atoms with E-state index in [1.807, 2.05) is 0 Å². The van der Waals surface area contributed by atoms with Gasteiger partial charge in [0.15, 0.2) is 0 Å². The van der Waals surface area contributed by atoms with Gasteiger partial charge in [-0.1, -0.05) is 18.2 Å². The minimum atomic E-state index is -0.708.